The first-order valence-corrected chi connectivity index (χ1v) is 13.4. The Morgan fingerprint density at radius 2 is 1.30 bits per heavy atom. The van der Waals surface area contributed by atoms with E-state index in [9.17, 15) is 8.42 Å². The Balaban J connectivity index is 2.06. The molecule has 0 aliphatic rings. The second-order valence-corrected chi connectivity index (χ2v) is 9.89. The van der Waals surface area contributed by atoms with Crippen LogP contribution in [0.2, 0.25) is 0 Å². The third kappa shape index (κ3) is 8.03. The molecule has 0 amide bonds. The average molecular weight is 433 g/mol. The van der Waals surface area contributed by atoms with Crippen LogP contribution >= 0.6 is 0 Å². The van der Waals surface area contributed by atoms with Crippen LogP contribution in [0, 0.1) is 0 Å². The first-order valence-electron chi connectivity index (χ1n) is 12.0. The fourth-order valence-electron chi connectivity index (χ4n) is 3.99. The van der Waals surface area contributed by atoms with Crippen LogP contribution in [0.4, 0.5) is 0 Å². The molecule has 0 bridgehead atoms. The molecule has 0 N–H and O–H groups in total. The molecule has 4 heteroatoms. The first kappa shape index (κ1) is 24.9. The summed E-state index contributed by atoms with van der Waals surface area (Å²) >= 11 is 0. The molecule has 0 aromatic heterocycles. The maximum Gasteiger partial charge on any atom is 0.297 e. The molecule has 168 valence electrons. The molecule has 2 aromatic carbocycles. The lowest BCUT2D eigenvalue weighted by Crippen LogP contribution is -2.11. The Morgan fingerprint density at radius 3 is 2.00 bits per heavy atom. The number of hydrogen-bond donors (Lipinski definition) is 0. The quantitative estimate of drug-likeness (QED) is 0.201. The van der Waals surface area contributed by atoms with Gasteiger partial charge in [0.05, 0.1) is 6.61 Å². The van der Waals surface area contributed by atoms with E-state index < -0.39 is 10.1 Å². The molecule has 0 unspecified atom stereocenters. The summed E-state index contributed by atoms with van der Waals surface area (Å²) in [7, 11) is -3.77. The fourth-order valence-corrected chi connectivity index (χ4v) is 5.39. The number of rotatable bonds is 16. The van der Waals surface area contributed by atoms with E-state index in [0.29, 0.717) is 4.90 Å². The van der Waals surface area contributed by atoms with Gasteiger partial charge >= 0.3 is 0 Å². The summed E-state index contributed by atoms with van der Waals surface area (Å²) in [5, 5.41) is 1.73. The molecule has 0 saturated carbocycles. The zero-order valence-corrected chi connectivity index (χ0v) is 19.8. The fraction of sp³-hybridized carbons (Fsp3) is 0.615. The Kier molecular flexibility index (Phi) is 11.5. The minimum Gasteiger partial charge on any atom is -0.266 e. The van der Waals surface area contributed by atoms with Crippen molar-refractivity contribution in [1.82, 2.24) is 0 Å². The average Bonchev–Trinajstić information content (AvgIpc) is 2.75. The lowest BCUT2D eigenvalue weighted by Gasteiger charge is -2.14. The third-order valence-corrected chi connectivity index (χ3v) is 7.21. The molecule has 0 saturated heterocycles. The van der Waals surface area contributed by atoms with Crippen LogP contribution in [0.25, 0.3) is 10.8 Å². The van der Waals surface area contributed by atoms with Crippen LogP contribution in [0.3, 0.4) is 0 Å². The van der Waals surface area contributed by atoms with Crippen LogP contribution in [0.15, 0.2) is 41.3 Å². The van der Waals surface area contributed by atoms with E-state index in [1.165, 1.54) is 44.9 Å². The van der Waals surface area contributed by atoms with Crippen molar-refractivity contribution in [2.45, 2.75) is 102 Å². The van der Waals surface area contributed by atoms with Crippen molar-refractivity contribution in [2.24, 2.45) is 0 Å². The Bertz CT molecular complexity index is 842. The highest BCUT2D eigenvalue weighted by molar-refractivity contribution is 7.87. The highest BCUT2D eigenvalue weighted by atomic mass is 32.2. The summed E-state index contributed by atoms with van der Waals surface area (Å²) in [5.74, 6) is 0. The van der Waals surface area contributed by atoms with E-state index >= 15 is 0 Å². The smallest absolute Gasteiger partial charge is 0.266 e. The van der Waals surface area contributed by atoms with Crippen molar-refractivity contribution in [1.29, 1.82) is 0 Å². The molecule has 0 heterocycles. The van der Waals surface area contributed by atoms with Crippen molar-refractivity contribution in [2.75, 3.05) is 6.61 Å². The second kappa shape index (κ2) is 13.8. The number of fused-ring (bicyclic) bond motifs is 1. The van der Waals surface area contributed by atoms with Gasteiger partial charge in [0, 0.05) is 5.39 Å². The molecule has 0 aliphatic heterocycles. The standard InChI is InChI=1S/C26H40O3S/c1-3-5-7-9-11-13-18-24-21-20-23-17-14-15-19-25(23)26(24)30(27,28)29-22-16-12-10-8-6-4-2/h14-15,17,19-21H,3-13,16,18,22H2,1-2H3. The molecule has 2 aromatic rings. The summed E-state index contributed by atoms with van der Waals surface area (Å²) in [5.41, 5.74) is 0.895. The molecule has 0 atom stereocenters. The van der Waals surface area contributed by atoms with E-state index in [1.54, 1.807) is 0 Å². The summed E-state index contributed by atoms with van der Waals surface area (Å²) in [4.78, 5) is 0.389. The predicted molar refractivity (Wildman–Crippen MR) is 128 cm³/mol. The molecular formula is C26H40O3S. The largest absolute Gasteiger partial charge is 0.297 e. The highest BCUT2D eigenvalue weighted by Crippen LogP contribution is 2.30. The van der Waals surface area contributed by atoms with Gasteiger partial charge in [0.1, 0.15) is 4.90 Å². The van der Waals surface area contributed by atoms with Gasteiger partial charge in [-0.15, -0.1) is 0 Å². The third-order valence-electron chi connectivity index (χ3n) is 5.75. The van der Waals surface area contributed by atoms with Crippen LogP contribution < -0.4 is 0 Å². The van der Waals surface area contributed by atoms with Crippen molar-refractivity contribution in [3.63, 3.8) is 0 Å². The van der Waals surface area contributed by atoms with Gasteiger partial charge in [-0.05, 0) is 30.2 Å². The monoisotopic (exact) mass is 432 g/mol. The Hall–Kier alpha value is -1.39. The van der Waals surface area contributed by atoms with Gasteiger partial charge in [-0.2, -0.15) is 8.42 Å². The SMILES string of the molecule is CCCCCCCCOS(=O)(=O)c1c(CCCCCCCC)ccc2ccccc12. The van der Waals surface area contributed by atoms with E-state index in [-0.39, 0.29) is 6.61 Å². The number of unbranched alkanes of at least 4 members (excludes halogenated alkanes) is 10. The summed E-state index contributed by atoms with van der Waals surface area (Å²) < 4.78 is 31.8. The van der Waals surface area contributed by atoms with E-state index in [4.69, 9.17) is 4.18 Å². The normalized spacial score (nSPS) is 11.9. The molecule has 2 rings (SSSR count). The molecule has 0 fully saturated rings. The minimum absolute atomic E-state index is 0.272. The van der Waals surface area contributed by atoms with Crippen molar-refractivity contribution in [3.8, 4) is 0 Å². The van der Waals surface area contributed by atoms with Crippen LogP contribution in [0.1, 0.15) is 96.5 Å². The minimum atomic E-state index is -3.77. The molecule has 30 heavy (non-hydrogen) atoms. The first-order chi connectivity index (χ1) is 14.6. The Labute approximate surface area is 184 Å². The Morgan fingerprint density at radius 1 is 0.700 bits per heavy atom. The second-order valence-electron chi connectivity index (χ2n) is 8.34. The molecule has 3 nitrogen and oxygen atoms in total. The zero-order chi connectivity index (χ0) is 21.7. The molecule has 0 radical (unpaired) electrons. The maximum absolute atomic E-state index is 13.2. The van der Waals surface area contributed by atoms with Crippen LogP contribution in [0.5, 0.6) is 0 Å². The van der Waals surface area contributed by atoms with Gasteiger partial charge in [-0.25, -0.2) is 0 Å². The molecule has 0 spiro atoms. The number of hydrogen-bond acceptors (Lipinski definition) is 3. The highest BCUT2D eigenvalue weighted by Gasteiger charge is 2.22. The molecule has 0 aliphatic carbocycles. The van der Waals surface area contributed by atoms with Gasteiger partial charge < -0.3 is 0 Å². The van der Waals surface area contributed by atoms with Gasteiger partial charge in [0.2, 0.25) is 0 Å². The lowest BCUT2D eigenvalue weighted by atomic mass is 10.0. The van der Waals surface area contributed by atoms with Crippen molar-refractivity contribution in [3.05, 3.63) is 42.0 Å². The van der Waals surface area contributed by atoms with Gasteiger partial charge in [0.15, 0.2) is 0 Å². The van der Waals surface area contributed by atoms with Crippen LogP contribution in [-0.2, 0) is 20.7 Å². The van der Waals surface area contributed by atoms with Crippen molar-refractivity contribution >= 4 is 20.9 Å². The zero-order valence-electron chi connectivity index (χ0n) is 19.0. The van der Waals surface area contributed by atoms with Crippen molar-refractivity contribution < 1.29 is 12.6 Å². The summed E-state index contributed by atoms with van der Waals surface area (Å²) in [6.45, 7) is 4.69. The van der Waals surface area contributed by atoms with Gasteiger partial charge in [0.25, 0.3) is 10.1 Å². The summed E-state index contributed by atoms with van der Waals surface area (Å²) in [6.07, 6.45) is 14.6. The van der Waals surface area contributed by atoms with Gasteiger partial charge in [-0.1, -0.05) is 114 Å². The lowest BCUT2D eigenvalue weighted by molar-refractivity contribution is 0.306. The number of aryl methyl sites for hydroxylation is 1. The van der Waals surface area contributed by atoms with Crippen LogP contribution in [-0.4, -0.2) is 15.0 Å². The van der Waals surface area contributed by atoms with E-state index in [2.05, 4.69) is 13.8 Å². The number of benzene rings is 2. The molecular weight excluding hydrogens is 392 g/mol. The maximum atomic E-state index is 13.2. The van der Waals surface area contributed by atoms with Gasteiger partial charge in [-0.3, -0.25) is 4.18 Å². The predicted octanol–water partition coefficient (Wildman–Crippen LogP) is 7.81. The topological polar surface area (TPSA) is 43.4 Å². The van der Waals surface area contributed by atoms with E-state index in [1.807, 2.05) is 36.4 Å². The van der Waals surface area contributed by atoms with E-state index in [0.717, 1.165) is 54.9 Å². The summed E-state index contributed by atoms with van der Waals surface area (Å²) in [6, 6.07) is 11.7.